The third kappa shape index (κ3) is 3.16. The summed E-state index contributed by atoms with van der Waals surface area (Å²) >= 11 is 14.2. The van der Waals surface area contributed by atoms with Gasteiger partial charge in [-0.1, -0.05) is 0 Å². The number of thiophene rings is 1. The Balaban J connectivity index is 2.07. The van der Waals surface area contributed by atoms with Crippen molar-refractivity contribution >= 4 is 60.6 Å². The van der Waals surface area contributed by atoms with Gasteiger partial charge in [0, 0.05) is 11.1 Å². The summed E-state index contributed by atoms with van der Waals surface area (Å²) in [5, 5.41) is 3.42. The van der Waals surface area contributed by atoms with Gasteiger partial charge in [0.05, 0.1) is 14.8 Å². The van der Waals surface area contributed by atoms with Crippen LogP contribution >= 0.6 is 54.8 Å². The van der Waals surface area contributed by atoms with Crippen molar-refractivity contribution in [3.8, 4) is 0 Å². The molecule has 84 valence electrons. The van der Waals surface area contributed by atoms with Crippen LogP contribution in [-0.2, 0) is 6.54 Å². The van der Waals surface area contributed by atoms with E-state index in [2.05, 4.69) is 53.2 Å². The average Bonchev–Trinajstić information content (AvgIpc) is 2.66. The number of nitrogens with zero attached hydrogens (tertiary/aromatic N) is 2. The summed E-state index contributed by atoms with van der Waals surface area (Å²) in [6, 6.07) is 4.07. The summed E-state index contributed by atoms with van der Waals surface area (Å²) in [7, 11) is 0. The minimum absolute atomic E-state index is 0.234. The van der Waals surface area contributed by atoms with Crippen molar-refractivity contribution in [1.29, 1.82) is 0 Å². The Bertz CT molecular complexity index is 503. The number of hydrogen-bond donors (Lipinski definition) is 1. The van der Waals surface area contributed by atoms with E-state index in [1.165, 1.54) is 4.88 Å². The molecule has 0 atom stereocenters. The fraction of sp³-hybridized carbons (Fsp3) is 0.111. The van der Waals surface area contributed by atoms with Crippen LogP contribution in [0.4, 0.5) is 5.82 Å². The Morgan fingerprint density at radius 2 is 2.19 bits per heavy atom. The molecule has 0 aromatic carbocycles. The maximum Gasteiger partial charge on any atom is 0.224 e. The zero-order valence-corrected chi connectivity index (χ0v) is 12.6. The highest BCUT2D eigenvalue weighted by Gasteiger charge is 2.04. The largest absolute Gasteiger partial charge is 0.364 e. The van der Waals surface area contributed by atoms with Crippen LogP contribution in [0.15, 0.2) is 26.6 Å². The van der Waals surface area contributed by atoms with Crippen LogP contribution in [0.5, 0.6) is 0 Å². The molecule has 0 unspecified atom stereocenters. The summed E-state index contributed by atoms with van der Waals surface area (Å²) in [6.45, 7) is 0.711. The van der Waals surface area contributed by atoms with Gasteiger partial charge in [0.25, 0.3) is 0 Å². The van der Waals surface area contributed by atoms with Gasteiger partial charge in [-0.3, -0.25) is 0 Å². The highest BCUT2D eigenvalue weighted by Crippen LogP contribution is 2.24. The monoisotopic (exact) mass is 381 g/mol. The van der Waals surface area contributed by atoms with E-state index in [0.29, 0.717) is 12.4 Å². The van der Waals surface area contributed by atoms with Gasteiger partial charge in [-0.25, -0.2) is 4.98 Å². The molecule has 0 aliphatic carbocycles. The fourth-order valence-electron chi connectivity index (χ4n) is 1.09. The molecule has 0 fully saturated rings. The number of anilines is 1. The van der Waals surface area contributed by atoms with E-state index in [9.17, 15) is 0 Å². The molecule has 0 aliphatic heterocycles. The first kappa shape index (κ1) is 12.3. The molecule has 0 amide bonds. The van der Waals surface area contributed by atoms with E-state index in [-0.39, 0.29) is 5.28 Å². The topological polar surface area (TPSA) is 37.8 Å². The fourth-order valence-corrected chi connectivity index (χ4v) is 2.97. The Labute approximate surface area is 119 Å². The van der Waals surface area contributed by atoms with Gasteiger partial charge < -0.3 is 5.32 Å². The van der Waals surface area contributed by atoms with E-state index in [4.69, 9.17) is 11.6 Å². The average molecular weight is 383 g/mol. The first-order valence-corrected chi connectivity index (χ1v) is 7.09. The second-order valence-corrected chi connectivity index (χ2v) is 6.63. The van der Waals surface area contributed by atoms with E-state index in [1.54, 1.807) is 17.5 Å². The predicted octanol–water partition coefficient (Wildman–Crippen LogP) is 4.33. The van der Waals surface area contributed by atoms with Crippen molar-refractivity contribution in [2.75, 3.05) is 5.32 Å². The second-order valence-electron chi connectivity index (χ2n) is 2.89. The summed E-state index contributed by atoms with van der Waals surface area (Å²) < 4.78 is 1.91. The van der Waals surface area contributed by atoms with E-state index in [0.717, 1.165) is 8.26 Å². The molecule has 2 aromatic rings. The standard InChI is InChI=1S/C9H6Br2ClN3S/c10-6-4-14-9(12)15-8(6)13-3-5-1-2-7(11)16-5/h1-2,4H,3H2,(H,13,14,15). The van der Waals surface area contributed by atoms with Crippen molar-refractivity contribution < 1.29 is 0 Å². The third-order valence-corrected chi connectivity index (χ3v) is 4.16. The molecular formula is C9H6Br2ClN3S. The quantitative estimate of drug-likeness (QED) is 0.802. The predicted molar refractivity (Wildman–Crippen MR) is 74.1 cm³/mol. The Hall–Kier alpha value is -0.170. The van der Waals surface area contributed by atoms with Crippen LogP contribution in [0.1, 0.15) is 4.88 Å². The Morgan fingerprint density at radius 3 is 2.88 bits per heavy atom. The normalized spacial score (nSPS) is 10.4. The van der Waals surface area contributed by atoms with Crippen molar-refractivity contribution in [3.63, 3.8) is 0 Å². The summed E-state index contributed by atoms with van der Waals surface area (Å²) in [5.74, 6) is 0.699. The van der Waals surface area contributed by atoms with Crippen molar-refractivity contribution in [1.82, 2.24) is 9.97 Å². The van der Waals surface area contributed by atoms with E-state index >= 15 is 0 Å². The summed E-state index contributed by atoms with van der Waals surface area (Å²) in [4.78, 5) is 9.16. The van der Waals surface area contributed by atoms with Crippen LogP contribution in [0.2, 0.25) is 5.28 Å². The lowest BCUT2D eigenvalue weighted by Gasteiger charge is -2.05. The van der Waals surface area contributed by atoms with Gasteiger partial charge in [0.1, 0.15) is 5.82 Å². The zero-order valence-electron chi connectivity index (χ0n) is 7.88. The number of aromatic nitrogens is 2. The number of halogens is 3. The molecule has 2 aromatic heterocycles. The molecule has 7 heteroatoms. The molecule has 0 radical (unpaired) electrons. The minimum atomic E-state index is 0.234. The number of hydrogen-bond acceptors (Lipinski definition) is 4. The first-order chi connectivity index (χ1) is 7.65. The highest BCUT2D eigenvalue weighted by atomic mass is 79.9. The van der Waals surface area contributed by atoms with Gasteiger partial charge in [-0.15, -0.1) is 11.3 Å². The molecule has 1 N–H and O–H groups in total. The van der Waals surface area contributed by atoms with Crippen molar-refractivity contribution in [2.24, 2.45) is 0 Å². The van der Waals surface area contributed by atoms with Gasteiger partial charge in [-0.2, -0.15) is 4.98 Å². The van der Waals surface area contributed by atoms with Crippen LogP contribution < -0.4 is 5.32 Å². The lowest BCUT2D eigenvalue weighted by molar-refractivity contribution is 1.09. The molecule has 0 spiro atoms. The number of rotatable bonds is 3. The van der Waals surface area contributed by atoms with Gasteiger partial charge in [0.15, 0.2) is 0 Å². The summed E-state index contributed by atoms with van der Waals surface area (Å²) in [5.41, 5.74) is 0. The van der Waals surface area contributed by atoms with Crippen LogP contribution in [0, 0.1) is 0 Å². The Morgan fingerprint density at radius 1 is 1.38 bits per heavy atom. The molecule has 0 saturated carbocycles. The molecule has 2 heterocycles. The Kier molecular flexibility index (Phi) is 4.18. The molecule has 0 aliphatic rings. The highest BCUT2D eigenvalue weighted by molar-refractivity contribution is 9.11. The van der Waals surface area contributed by atoms with Crippen LogP contribution in [-0.4, -0.2) is 9.97 Å². The molecular weight excluding hydrogens is 377 g/mol. The maximum absolute atomic E-state index is 5.71. The van der Waals surface area contributed by atoms with Crippen molar-refractivity contribution in [3.05, 3.63) is 36.7 Å². The number of nitrogens with one attached hydrogen (secondary N) is 1. The minimum Gasteiger partial charge on any atom is -0.364 e. The van der Waals surface area contributed by atoms with E-state index in [1.807, 2.05) is 6.07 Å². The van der Waals surface area contributed by atoms with Gasteiger partial charge in [0.2, 0.25) is 5.28 Å². The van der Waals surface area contributed by atoms with Gasteiger partial charge in [-0.05, 0) is 55.6 Å². The molecule has 0 bridgehead atoms. The molecule has 3 nitrogen and oxygen atoms in total. The first-order valence-electron chi connectivity index (χ1n) is 4.31. The zero-order chi connectivity index (χ0) is 11.5. The molecule has 16 heavy (non-hydrogen) atoms. The summed E-state index contributed by atoms with van der Waals surface area (Å²) in [6.07, 6.45) is 1.63. The lowest BCUT2D eigenvalue weighted by Crippen LogP contribution is -2.01. The molecule has 0 saturated heterocycles. The van der Waals surface area contributed by atoms with Crippen molar-refractivity contribution in [2.45, 2.75) is 6.54 Å². The lowest BCUT2D eigenvalue weighted by atomic mass is 10.4. The second kappa shape index (κ2) is 5.44. The SMILES string of the molecule is Clc1ncc(Br)c(NCc2ccc(Br)s2)n1. The van der Waals surface area contributed by atoms with Crippen LogP contribution in [0.25, 0.3) is 0 Å². The third-order valence-electron chi connectivity index (χ3n) is 1.77. The maximum atomic E-state index is 5.71. The van der Waals surface area contributed by atoms with Gasteiger partial charge >= 0.3 is 0 Å². The molecule has 2 rings (SSSR count). The van der Waals surface area contributed by atoms with E-state index < -0.39 is 0 Å². The smallest absolute Gasteiger partial charge is 0.224 e. The van der Waals surface area contributed by atoms with Crippen LogP contribution in [0.3, 0.4) is 0 Å².